The summed E-state index contributed by atoms with van der Waals surface area (Å²) < 4.78 is 1.98. The van der Waals surface area contributed by atoms with E-state index in [4.69, 9.17) is 5.73 Å². The van der Waals surface area contributed by atoms with Gasteiger partial charge in [0.05, 0.1) is 6.04 Å². The van der Waals surface area contributed by atoms with E-state index in [1.54, 1.807) is 6.20 Å². The Balaban J connectivity index is 2.28. The van der Waals surface area contributed by atoms with E-state index >= 15 is 0 Å². The Bertz CT molecular complexity index is 321. The summed E-state index contributed by atoms with van der Waals surface area (Å²) in [7, 11) is 0. The van der Waals surface area contributed by atoms with Gasteiger partial charge in [-0.05, 0) is 13.3 Å². The minimum atomic E-state index is -0.395. The van der Waals surface area contributed by atoms with E-state index in [9.17, 15) is 4.79 Å². The van der Waals surface area contributed by atoms with Crippen molar-refractivity contribution in [3.8, 4) is 0 Å². The Morgan fingerprint density at radius 1 is 1.73 bits per heavy atom. The lowest BCUT2D eigenvalue weighted by atomic mass is 10.2. The van der Waals surface area contributed by atoms with Crippen molar-refractivity contribution in [2.24, 2.45) is 5.73 Å². The van der Waals surface area contributed by atoms with Crippen LogP contribution >= 0.6 is 0 Å². The van der Waals surface area contributed by atoms with Crippen LogP contribution in [-0.2, 0) is 11.3 Å². The summed E-state index contributed by atoms with van der Waals surface area (Å²) in [6, 6.07) is -0.395. The molecule has 0 bridgehead atoms. The number of carbonyl (C=O) groups excluding carboxylic acids is 1. The van der Waals surface area contributed by atoms with Gasteiger partial charge in [-0.15, -0.1) is 0 Å². The number of carbonyl (C=O) groups is 1. The number of nitrogens with one attached hydrogen (secondary N) is 1. The molecule has 0 fully saturated rings. The van der Waals surface area contributed by atoms with Crippen molar-refractivity contribution >= 4 is 5.91 Å². The second kappa shape index (κ2) is 5.50. The van der Waals surface area contributed by atoms with Crippen molar-refractivity contribution < 1.29 is 4.79 Å². The lowest BCUT2D eigenvalue weighted by Crippen LogP contribution is -2.41. The summed E-state index contributed by atoms with van der Waals surface area (Å²) in [6.07, 6.45) is 4.30. The van der Waals surface area contributed by atoms with E-state index in [1.165, 1.54) is 0 Å². The third-order valence-electron chi connectivity index (χ3n) is 2.35. The quantitative estimate of drug-likeness (QED) is 0.721. The first kappa shape index (κ1) is 11.7. The van der Waals surface area contributed by atoms with Gasteiger partial charge in [0, 0.05) is 25.5 Å². The molecule has 1 rings (SSSR count). The molecule has 0 aromatic carbocycles. The molecule has 84 valence electrons. The number of aromatic nitrogens is 2. The fraction of sp³-hybridized carbons (Fsp3) is 0.600. The van der Waals surface area contributed by atoms with Crippen LogP contribution < -0.4 is 11.1 Å². The number of nitrogens with two attached hydrogens (primary N) is 1. The summed E-state index contributed by atoms with van der Waals surface area (Å²) >= 11 is 0. The molecular weight excluding hydrogens is 192 g/mol. The van der Waals surface area contributed by atoms with Crippen LogP contribution in [0.1, 0.15) is 19.2 Å². The highest BCUT2D eigenvalue weighted by atomic mass is 16.2. The largest absolute Gasteiger partial charge is 0.353 e. The Kier molecular flexibility index (Phi) is 4.30. The zero-order chi connectivity index (χ0) is 11.3. The highest BCUT2D eigenvalue weighted by Gasteiger charge is 2.09. The molecule has 5 heteroatoms. The second-order valence-electron chi connectivity index (χ2n) is 3.47. The van der Waals surface area contributed by atoms with E-state index in [1.807, 2.05) is 24.6 Å². The van der Waals surface area contributed by atoms with Crippen LogP contribution in [0.2, 0.25) is 0 Å². The Labute approximate surface area is 89.7 Å². The number of amides is 1. The van der Waals surface area contributed by atoms with E-state index in [0.29, 0.717) is 13.0 Å². The zero-order valence-corrected chi connectivity index (χ0v) is 9.23. The first-order valence-corrected chi connectivity index (χ1v) is 5.16. The molecule has 0 aliphatic heterocycles. The third kappa shape index (κ3) is 3.36. The summed E-state index contributed by atoms with van der Waals surface area (Å²) in [4.78, 5) is 15.4. The summed E-state index contributed by atoms with van der Waals surface area (Å²) in [5, 5.41) is 2.79. The normalized spacial score (nSPS) is 12.5. The topological polar surface area (TPSA) is 72.9 Å². The van der Waals surface area contributed by atoms with Crippen LogP contribution in [-0.4, -0.2) is 28.0 Å². The van der Waals surface area contributed by atoms with Crippen molar-refractivity contribution in [1.82, 2.24) is 14.9 Å². The van der Waals surface area contributed by atoms with E-state index in [2.05, 4.69) is 10.3 Å². The zero-order valence-electron chi connectivity index (χ0n) is 9.23. The second-order valence-corrected chi connectivity index (χ2v) is 3.47. The molecule has 3 N–H and O–H groups in total. The Morgan fingerprint density at radius 2 is 2.47 bits per heavy atom. The predicted octanol–water partition coefficient (Wildman–Crippen LogP) is 0.0450. The monoisotopic (exact) mass is 210 g/mol. The molecule has 0 spiro atoms. The van der Waals surface area contributed by atoms with Crippen molar-refractivity contribution in [3.63, 3.8) is 0 Å². The molecule has 1 aromatic rings. The molecule has 1 heterocycles. The van der Waals surface area contributed by atoms with Crippen LogP contribution in [0.3, 0.4) is 0 Å². The number of rotatable bonds is 5. The first-order valence-electron chi connectivity index (χ1n) is 5.16. The molecule has 1 aromatic heterocycles. The maximum absolute atomic E-state index is 11.3. The average Bonchev–Trinajstić information content (AvgIpc) is 2.63. The fourth-order valence-electron chi connectivity index (χ4n) is 1.26. The number of hydrogen-bond donors (Lipinski definition) is 2. The lowest BCUT2D eigenvalue weighted by molar-refractivity contribution is -0.122. The van der Waals surface area contributed by atoms with Crippen LogP contribution in [0, 0.1) is 6.92 Å². The van der Waals surface area contributed by atoms with Crippen molar-refractivity contribution in [2.45, 2.75) is 32.9 Å². The third-order valence-corrected chi connectivity index (χ3v) is 2.35. The fourth-order valence-corrected chi connectivity index (χ4v) is 1.26. The van der Waals surface area contributed by atoms with Gasteiger partial charge in [0.1, 0.15) is 5.82 Å². The smallest absolute Gasteiger partial charge is 0.236 e. The maximum atomic E-state index is 11.3. The standard InChI is InChI=1S/C10H18N4O/c1-3-9(11)10(15)13-5-7-14-6-4-12-8(14)2/h4,6,9H,3,5,7,11H2,1-2H3,(H,13,15)/t9-/m0/s1. The molecule has 5 nitrogen and oxygen atoms in total. The number of imidazole rings is 1. The average molecular weight is 210 g/mol. The summed E-state index contributed by atoms with van der Waals surface area (Å²) in [5.41, 5.74) is 5.57. The van der Waals surface area contributed by atoms with E-state index in [-0.39, 0.29) is 5.91 Å². The van der Waals surface area contributed by atoms with Crippen molar-refractivity contribution in [3.05, 3.63) is 18.2 Å². The summed E-state index contributed by atoms with van der Waals surface area (Å²) in [5.74, 6) is 0.860. The Hall–Kier alpha value is -1.36. The van der Waals surface area contributed by atoms with Gasteiger partial charge in [-0.1, -0.05) is 6.92 Å². The minimum Gasteiger partial charge on any atom is -0.353 e. The molecular formula is C10H18N4O. The van der Waals surface area contributed by atoms with Gasteiger partial charge < -0.3 is 15.6 Å². The molecule has 15 heavy (non-hydrogen) atoms. The molecule has 1 amide bonds. The predicted molar refractivity (Wildman–Crippen MR) is 58.2 cm³/mol. The Morgan fingerprint density at radius 3 is 3.00 bits per heavy atom. The molecule has 0 saturated carbocycles. The molecule has 0 radical (unpaired) electrons. The minimum absolute atomic E-state index is 0.0877. The van der Waals surface area contributed by atoms with Crippen LogP contribution in [0.5, 0.6) is 0 Å². The van der Waals surface area contributed by atoms with Crippen molar-refractivity contribution in [2.75, 3.05) is 6.54 Å². The highest BCUT2D eigenvalue weighted by Crippen LogP contribution is 1.93. The van der Waals surface area contributed by atoms with Crippen LogP contribution in [0.4, 0.5) is 0 Å². The molecule has 0 saturated heterocycles. The van der Waals surface area contributed by atoms with Gasteiger partial charge in [0.25, 0.3) is 0 Å². The van der Waals surface area contributed by atoms with Gasteiger partial charge in [-0.3, -0.25) is 4.79 Å². The van der Waals surface area contributed by atoms with Gasteiger partial charge in [-0.2, -0.15) is 0 Å². The van der Waals surface area contributed by atoms with Gasteiger partial charge in [0.15, 0.2) is 0 Å². The molecule has 0 unspecified atom stereocenters. The van der Waals surface area contributed by atoms with E-state index in [0.717, 1.165) is 12.4 Å². The number of hydrogen-bond acceptors (Lipinski definition) is 3. The van der Waals surface area contributed by atoms with E-state index < -0.39 is 6.04 Å². The molecule has 0 aliphatic rings. The van der Waals surface area contributed by atoms with Gasteiger partial charge in [-0.25, -0.2) is 4.98 Å². The highest BCUT2D eigenvalue weighted by molar-refractivity contribution is 5.81. The van der Waals surface area contributed by atoms with Crippen LogP contribution in [0.15, 0.2) is 12.4 Å². The van der Waals surface area contributed by atoms with Gasteiger partial charge in [0.2, 0.25) is 5.91 Å². The van der Waals surface area contributed by atoms with Gasteiger partial charge >= 0.3 is 0 Å². The number of nitrogens with zero attached hydrogens (tertiary/aromatic N) is 2. The first-order chi connectivity index (χ1) is 7.15. The van der Waals surface area contributed by atoms with Crippen LogP contribution in [0.25, 0.3) is 0 Å². The SMILES string of the molecule is CC[C@H](N)C(=O)NCCn1ccnc1C. The van der Waals surface area contributed by atoms with Crippen molar-refractivity contribution in [1.29, 1.82) is 0 Å². The molecule has 0 aliphatic carbocycles. The summed E-state index contributed by atoms with van der Waals surface area (Å²) in [6.45, 7) is 5.14. The lowest BCUT2D eigenvalue weighted by Gasteiger charge is -2.10. The molecule has 1 atom stereocenters. The maximum Gasteiger partial charge on any atom is 0.236 e. The number of aryl methyl sites for hydroxylation is 1.